The number of hydrogen-bond donors (Lipinski definition) is 0. The van der Waals surface area contributed by atoms with Gasteiger partial charge < -0.3 is 0 Å². The zero-order valence-electron chi connectivity index (χ0n) is 17.9. The average molecular weight is 446 g/mol. The molecule has 1 heterocycles. The van der Waals surface area contributed by atoms with Gasteiger partial charge in [0.25, 0.3) is 0 Å². The molecule has 4 aromatic carbocycles. The van der Waals surface area contributed by atoms with Gasteiger partial charge in [-0.05, 0) is 63.5 Å². The van der Waals surface area contributed by atoms with E-state index < -0.39 is 0 Å². The van der Waals surface area contributed by atoms with E-state index in [1.54, 1.807) is 0 Å². The van der Waals surface area contributed by atoms with Crippen LogP contribution in [0.25, 0.3) is 50.8 Å². The Hall–Kier alpha value is -3.82. The van der Waals surface area contributed by atoms with Crippen LogP contribution in [0.1, 0.15) is 17.5 Å². The Morgan fingerprint density at radius 2 is 1.39 bits per heavy atom. The van der Waals surface area contributed by atoms with E-state index in [4.69, 9.17) is 16.6 Å². The summed E-state index contributed by atoms with van der Waals surface area (Å²) in [5.41, 5.74) is 6.77. The molecule has 1 aliphatic rings. The molecular formula is C29H20ClN3. The van der Waals surface area contributed by atoms with Crippen molar-refractivity contribution < 1.29 is 0 Å². The second-order valence-corrected chi connectivity index (χ2v) is 8.55. The first-order chi connectivity index (χ1) is 16.2. The van der Waals surface area contributed by atoms with E-state index in [1.807, 2.05) is 12.1 Å². The number of rotatable bonds is 3. The van der Waals surface area contributed by atoms with Crippen LogP contribution in [0.15, 0.2) is 91.0 Å². The third kappa shape index (κ3) is 3.81. The monoisotopic (exact) mass is 445 g/mol. The first-order valence-electron chi connectivity index (χ1n) is 11.0. The van der Waals surface area contributed by atoms with Crippen LogP contribution in [0.3, 0.4) is 0 Å². The fourth-order valence-electron chi connectivity index (χ4n) is 4.45. The lowest BCUT2D eigenvalue weighted by Gasteiger charge is -2.12. The number of aromatic nitrogens is 3. The Kier molecular flexibility index (Phi) is 4.97. The first-order valence-corrected chi connectivity index (χ1v) is 11.4. The minimum absolute atomic E-state index is 0.196. The number of hydrogen-bond acceptors (Lipinski definition) is 3. The third-order valence-corrected chi connectivity index (χ3v) is 6.30. The summed E-state index contributed by atoms with van der Waals surface area (Å²) in [4.78, 5) is 13.5. The predicted octanol–water partition coefficient (Wildman–Crippen LogP) is 7.64. The van der Waals surface area contributed by atoms with Gasteiger partial charge in [0.05, 0.1) is 0 Å². The molecule has 33 heavy (non-hydrogen) atoms. The van der Waals surface area contributed by atoms with Gasteiger partial charge in [0.15, 0.2) is 11.6 Å². The molecule has 0 N–H and O–H groups in total. The van der Waals surface area contributed by atoms with Crippen molar-refractivity contribution >= 4 is 28.4 Å². The van der Waals surface area contributed by atoms with Crippen LogP contribution in [0.4, 0.5) is 0 Å². The molecule has 3 nitrogen and oxygen atoms in total. The number of fused-ring (bicyclic) bond motifs is 2. The zero-order chi connectivity index (χ0) is 22.2. The van der Waals surface area contributed by atoms with Crippen LogP contribution in [0.5, 0.6) is 0 Å². The van der Waals surface area contributed by atoms with Crippen LogP contribution < -0.4 is 0 Å². The van der Waals surface area contributed by atoms with Crippen molar-refractivity contribution in [2.75, 3.05) is 0 Å². The summed E-state index contributed by atoms with van der Waals surface area (Å²) in [5.74, 6) is 1.16. The van der Waals surface area contributed by atoms with E-state index in [0.29, 0.717) is 11.6 Å². The number of nitrogens with zero attached hydrogens (tertiary/aromatic N) is 3. The van der Waals surface area contributed by atoms with Crippen LogP contribution in [-0.4, -0.2) is 15.0 Å². The standard InChI is InChI=1S/C29H20ClN3/c30-29-32-27(31-28(33-29)24-17-12-19-6-1-2-8-23(19)18-24)22-15-13-21(14-16-22)26-11-5-9-20-7-3-4-10-25(20)26/h2-5,7-18H,1,6H2. The molecule has 0 unspecified atom stereocenters. The minimum atomic E-state index is 0.196. The first kappa shape index (κ1) is 19.8. The molecule has 1 aromatic heterocycles. The van der Waals surface area contributed by atoms with E-state index in [2.05, 4.69) is 94.9 Å². The van der Waals surface area contributed by atoms with E-state index in [-0.39, 0.29) is 5.28 Å². The molecule has 4 heteroatoms. The van der Waals surface area contributed by atoms with E-state index >= 15 is 0 Å². The van der Waals surface area contributed by atoms with Gasteiger partial charge in [-0.2, -0.15) is 9.97 Å². The van der Waals surface area contributed by atoms with Gasteiger partial charge in [-0.3, -0.25) is 0 Å². The number of halogens is 1. The average Bonchev–Trinajstić information content (AvgIpc) is 2.88. The van der Waals surface area contributed by atoms with Gasteiger partial charge in [-0.1, -0.05) is 91.0 Å². The van der Waals surface area contributed by atoms with Crippen LogP contribution >= 0.6 is 11.6 Å². The molecule has 1 aliphatic carbocycles. The SMILES string of the molecule is Clc1nc(-c2ccc(-c3cccc4ccccc34)cc2)nc(-c2ccc3c(c2)C=CCC3)n1. The number of benzene rings is 4. The van der Waals surface area contributed by atoms with Crippen molar-refractivity contribution in [3.8, 4) is 33.9 Å². The molecule has 0 radical (unpaired) electrons. The lowest BCUT2D eigenvalue weighted by Crippen LogP contribution is -1.99. The topological polar surface area (TPSA) is 38.7 Å². The van der Waals surface area contributed by atoms with Gasteiger partial charge in [0.1, 0.15) is 0 Å². The Morgan fingerprint density at radius 3 is 2.27 bits per heavy atom. The quantitative estimate of drug-likeness (QED) is 0.286. The maximum Gasteiger partial charge on any atom is 0.226 e. The summed E-state index contributed by atoms with van der Waals surface area (Å²) < 4.78 is 0. The Morgan fingerprint density at radius 1 is 0.667 bits per heavy atom. The molecule has 0 spiro atoms. The summed E-state index contributed by atoms with van der Waals surface area (Å²) in [5, 5.41) is 2.66. The minimum Gasteiger partial charge on any atom is -0.208 e. The van der Waals surface area contributed by atoms with Crippen LogP contribution in [-0.2, 0) is 6.42 Å². The van der Waals surface area contributed by atoms with Crippen molar-refractivity contribution in [3.05, 3.63) is 107 Å². The number of aryl methyl sites for hydroxylation is 1. The van der Waals surface area contributed by atoms with Crippen molar-refractivity contribution in [1.29, 1.82) is 0 Å². The fraction of sp³-hybridized carbons (Fsp3) is 0.0690. The second kappa shape index (κ2) is 8.27. The highest BCUT2D eigenvalue weighted by molar-refractivity contribution is 6.28. The normalized spacial score (nSPS) is 12.6. The molecule has 0 saturated heterocycles. The smallest absolute Gasteiger partial charge is 0.208 e. The molecule has 0 fully saturated rings. The highest BCUT2D eigenvalue weighted by atomic mass is 35.5. The van der Waals surface area contributed by atoms with Gasteiger partial charge in [0, 0.05) is 11.1 Å². The van der Waals surface area contributed by atoms with E-state index in [1.165, 1.54) is 27.5 Å². The molecule has 0 atom stereocenters. The summed E-state index contributed by atoms with van der Waals surface area (Å²) in [7, 11) is 0. The summed E-state index contributed by atoms with van der Waals surface area (Å²) >= 11 is 6.31. The lowest BCUT2D eigenvalue weighted by molar-refractivity contribution is 0.984. The van der Waals surface area contributed by atoms with Crippen LogP contribution in [0, 0.1) is 0 Å². The molecule has 0 bridgehead atoms. The Labute approximate surface area is 197 Å². The van der Waals surface area contributed by atoms with Gasteiger partial charge in [0.2, 0.25) is 5.28 Å². The largest absolute Gasteiger partial charge is 0.226 e. The molecule has 6 rings (SSSR count). The van der Waals surface area contributed by atoms with E-state index in [0.717, 1.165) is 29.5 Å². The van der Waals surface area contributed by atoms with Crippen molar-refractivity contribution in [1.82, 2.24) is 15.0 Å². The molecule has 0 amide bonds. The Bertz CT molecular complexity index is 1520. The zero-order valence-corrected chi connectivity index (χ0v) is 18.6. The predicted molar refractivity (Wildman–Crippen MR) is 136 cm³/mol. The van der Waals surface area contributed by atoms with Crippen molar-refractivity contribution in [2.24, 2.45) is 0 Å². The highest BCUT2D eigenvalue weighted by Crippen LogP contribution is 2.31. The molecule has 5 aromatic rings. The van der Waals surface area contributed by atoms with E-state index in [9.17, 15) is 0 Å². The summed E-state index contributed by atoms with van der Waals surface area (Å²) in [6, 6.07) is 29.5. The summed E-state index contributed by atoms with van der Waals surface area (Å²) in [6.07, 6.45) is 6.52. The van der Waals surface area contributed by atoms with Gasteiger partial charge in [-0.15, -0.1) is 0 Å². The highest BCUT2D eigenvalue weighted by Gasteiger charge is 2.13. The van der Waals surface area contributed by atoms with Crippen LogP contribution in [0.2, 0.25) is 5.28 Å². The number of allylic oxidation sites excluding steroid dienone is 1. The maximum atomic E-state index is 6.31. The van der Waals surface area contributed by atoms with Crippen molar-refractivity contribution in [2.45, 2.75) is 12.8 Å². The molecule has 0 saturated carbocycles. The Balaban J connectivity index is 1.37. The maximum absolute atomic E-state index is 6.31. The molecule has 0 aliphatic heterocycles. The lowest BCUT2D eigenvalue weighted by atomic mass is 9.95. The fourth-order valence-corrected chi connectivity index (χ4v) is 4.61. The molecule has 158 valence electrons. The second-order valence-electron chi connectivity index (χ2n) is 8.21. The summed E-state index contributed by atoms with van der Waals surface area (Å²) in [6.45, 7) is 0. The third-order valence-electron chi connectivity index (χ3n) is 6.13. The molecular weight excluding hydrogens is 426 g/mol. The van der Waals surface area contributed by atoms with Gasteiger partial charge in [-0.25, -0.2) is 4.98 Å². The van der Waals surface area contributed by atoms with Crippen molar-refractivity contribution in [3.63, 3.8) is 0 Å². The van der Waals surface area contributed by atoms with Gasteiger partial charge >= 0.3 is 0 Å².